The summed E-state index contributed by atoms with van der Waals surface area (Å²) in [5.74, 6) is -0.00107. The average molecular weight is 199 g/mol. The number of nitrogens with zero attached hydrogens (tertiary/aromatic N) is 1. The minimum Gasteiger partial charge on any atom is -0.481 e. The van der Waals surface area contributed by atoms with Crippen LogP contribution in [0.2, 0.25) is 0 Å². The zero-order valence-electron chi connectivity index (χ0n) is 9.58. The van der Waals surface area contributed by atoms with Crippen LogP contribution >= 0.6 is 0 Å². The Labute approximate surface area is 86.1 Å². The highest BCUT2D eigenvalue weighted by Crippen LogP contribution is 2.27. The Morgan fingerprint density at radius 3 is 2.43 bits per heavy atom. The summed E-state index contributed by atoms with van der Waals surface area (Å²) in [6, 6.07) is 0.531. The number of rotatable bonds is 3. The fourth-order valence-electron chi connectivity index (χ4n) is 2.18. The van der Waals surface area contributed by atoms with Crippen LogP contribution in [0.4, 0.5) is 0 Å². The van der Waals surface area contributed by atoms with Crippen LogP contribution in [0.1, 0.15) is 34.1 Å². The summed E-state index contributed by atoms with van der Waals surface area (Å²) in [4.78, 5) is 13.3. The van der Waals surface area contributed by atoms with Gasteiger partial charge in [0.05, 0.1) is 5.41 Å². The lowest BCUT2D eigenvalue weighted by molar-refractivity contribution is -0.148. The van der Waals surface area contributed by atoms with E-state index in [0.29, 0.717) is 18.5 Å². The highest BCUT2D eigenvalue weighted by atomic mass is 16.4. The fourth-order valence-corrected chi connectivity index (χ4v) is 2.18. The van der Waals surface area contributed by atoms with Gasteiger partial charge < -0.3 is 5.11 Å². The highest BCUT2D eigenvalue weighted by molar-refractivity contribution is 5.73. The molecule has 82 valence electrons. The molecular weight excluding hydrogens is 178 g/mol. The third-order valence-corrected chi connectivity index (χ3v) is 3.09. The third-order valence-electron chi connectivity index (χ3n) is 3.09. The minimum atomic E-state index is -0.704. The second-order valence-electron chi connectivity index (χ2n) is 5.31. The van der Waals surface area contributed by atoms with Crippen molar-refractivity contribution in [2.75, 3.05) is 13.1 Å². The van der Waals surface area contributed by atoms with Crippen molar-refractivity contribution in [1.29, 1.82) is 0 Å². The predicted octanol–water partition coefficient (Wildman–Crippen LogP) is 1.83. The van der Waals surface area contributed by atoms with Gasteiger partial charge in [-0.3, -0.25) is 9.69 Å². The molecular formula is C11H21NO2. The molecule has 0 aromatic carbocycles. The van der Waals surface area contributed by atoms with E-state index in [9.17, 15) is 4.79 Å². The maximum absolute atomic E-state index is 11.0. The van der Waals surface area contributed by atoms with E-state index in [-0.39, 0.29) is 0 Å². The first-order chi connectivity index (χ1) is 6.33. The van der Waals surface area contributed by atoms with Crippen LogP contribution in [0.3, 0.4) is 0 Å². The number of hydrogen-bond acceptors (Lipinski definition) is 2. The van der Waals surface area contributed by atoms with Crippen LogP contribution < -0.4 is 0 Å². The van der Waals surface area contributed by atoms with Gasteiger partial charge in [-0.15, -0.1) is 0 Å². The molecule has 1 N–H and O–H groups in total. The Balaban J connectivity index is 2.56. The van der Waals surface area contributed by atoms with E-state index in [1.54, 1.807) is 13.8 Å². The lowest BCUT2D eigenvalue weighted by Crippen LogP contribution is -2.40. The molecule has 1 heterocycles. The molecule has 0 saturated carbocycles. The van der Waals surface area contributed by atoms with Gasteiger partial charge >= 0.3 is 5.97 Å². The first kappa shape index (κ1) is 11.5. The average Bonchev–Trinajstić information content (AvgIpc) is 2.29. The zero-order chi connectivity index (χ0) is 10.9. The molecule has 1 fully saturated rings. The van der Waals surface area contributed by atoms with Crippen LogP contribution in [-0.4, -0.2) is 35.1 Å². The van der Waals surface area contributed by atoms with E-state index in [4.69, 9.17) is 5.11 Å². The van der Waals surface area contributed by atoms with Gasteiger partial charge in [0.15, 0.2) is 0 Å². The lowest BCUT2D eigenvalue weighted by Gasteiger charge is -2.29. The normalized spacial score (nSPS) is 29.4. The van der Waals surface area contributed by atoms with Crippen LogP contribution in [0, 0.1) is 11.3 Å². The number of carboxylic acid groups (broad SMARTS) is 1. The van der Waals surface area contributed by atoms with Gasteiger partial charge in [0.25, 0.3) is 0 Å². The lowest BCUT2D eigenvalue weighted by atomic mass is 9.93. The Morgan fingerprint density at radius 1 is 1.50 bits per heavy atom. The summed E-state index contributed by atoms with van der Waals surface area (Å²) in [6.07, 6.45) is 1.19. The Kier molecular flexibility index (Phi) is 3.20. The fraction of sp³-hybridized carbons (Fsp3) is 0.909. The maximum atomic E-state index is 11.0. The minimum absolute atomic E-state index is 0.531. The van der Waals surface area contributed by atoms with Gasteiger partial charge in [-0.25, -0.2) is 0 Å². The van der Waals surface area contributed by atoms with Crippen LogP contribution in [0.25, 0.3) is 0 Å². The first-order valence-corrected chi connectivity index (χ1v) is 5.30. The van der Waals surface area contributed by atoms with Crippen molar-refractivity contribution in [1.82, 2.24) is 4.90 Å². The number of carboxylic acids is 1. The molecule has 0 radical (unpaired) electrons. The molecule has 1 saturated heterocycles. The summed E-state index contributed by atoms with van der Waals surface area (Å²) in [5, 5.41) is 9.03. The van der Waals surface area contributed by atoms with E-state index in [0.717, 1.165) is 6.54 Å². The molecule has 2 unspecified atom stereocenters. The molecule has 0 spiro atoms. The number of hydrogen-bond donors (Lipinski definition) is 1. The van der Waals surface area contributed by atoms with E-state index in [2.05, 4.69) is 18.7 Å². The van der Waals surface area contributed by atoms with Gasteiger partial charge in [-0.05, 0) is 33.1 Å². The SMILES string of the molecule is CC1CC(C)N(CC(C)(C)C(=O)O)C1. The molecule has 0 aliphatic carbocycles. The molecule has 0 aromatic heterocycles. The molecule has 1 aliphatic rings. The van der Waals surface area contributed by atoms with Gasteiger partial charge in [0.1, 0.15) is 0 Å². The Hall–Kier alpha value is -0.570. The second-order valence-corrected chi connectivity index (χ2v) is 5.31. The molecule has 3 heteroatoms. The Bertz CT molecular complexity index is 225. The molecule has 0 aromatic rings. The summed E-state index contributed by atoms with van der Waals surface area (Å²) in [5.41, 5.74) is -0.627. The van der Waals surface area contributed by atoms with Crippen molar-refractivity contribution in [3.63, 3.8) is 0 Å². The van der Waals surface area contributed by atoms with Crippen molar-refractivity contribution in [3.05, 3.63) is 0 Å². The topological polar surface area (TPSA) is 40.5 Å². The number of carbonyl (C=O) groups is 1. The monoisotopic (exact) mass is 199 g/mol. The number of likely N-dealkylation sites (tertiary alicyclic amines) is 1. The van der Waals surface area contributed by atoms with Crippen molar-refractivity contribution in [3.8, 4) is 0 Å². The zero-order valence-corrected chi connectivity index (χ0v) is 9.58. The smallest absolute Gasteiger partial charge is 0.310 e. The third kappa shape index (κ3) is 2.47. The summed E-state index contributed by atoms with van der Waals surface area (Å²) < 4.78 is 0. The second kappa shape index (κ2) is 3.89. The van der Waals surface area contributed by atoms with Crippen LogP contribution in [0.15, 0.2) is 0 Å². The molecule has 0 amide bonds. The van der Waals surface area contributed by atoms with Gasteiger partial charge in [-0.2, -0.15) is 0 Å². The molecule has 3 nitrogen and oxygen atoms in total. The maximum Gasteiger partial charge on any atom is 0.310 e. The summed E-state index contributed by atoms with van der Waals surface area (Å²) in [7, 11) is 0. The Morgan fingerprint density at radius 2 is 2.07 bits per heavy atom. The van der Waals surface area contributed by atoms with Gasteiger partial charge in [0, 0.05) is 19.1 Å². The molecule has 14 heavy (non-hydrogen) atoms. The van der Waals surface area contributed by atoms with Crippen LogP contribution in [-0.2, 0) is 4.79 Å². The van der Waals surface area contributed by atoms with Crippen LogP contribution in [0.5, 0.6) is 0 Å². The number of aliphatic carboxylic acids is 1. The quantitative estimate of drug-likeness (QED) is 0.754. The van der Waals surface area contributed by atoms with Crippen molar-refractivity contribution >= 4 is 5.97 Å². The molecule has 2 atom stereocenters. The molecule has 1 rings (SSSR count). The standard InChI is InChI=1S/C11H21NO2/c1-8-5-9(2)12(6-8)7-11(3,4)10(13)14/h8-9H,5-7H2,1-4H3,(H,13,14). The van der Waals surface area contributed by atoms with Crippen molar-refractivity contribution in [2.24, 2.45) is 11.3 Å². The highest BCUT2D eigenvalue weighted by Gasteiger charge is 2.34. The molecule has 0 bridgehead atoms. The van der Waals surface area contributed by atoms with E-state index in [1.165, 1.54) is 6.42 Å². The molecule has 1 aliphatic heterocycles. The van der Waals surface area contributed by atoms with Gasteiger partial charge in [0.2, 0.25) is 0 Å². The van der Waals surface area contributed by atoms with E-state index >= 15 is 0 Å². The van der Waals surface area contributed by atoms with Crippen molar-refractivity contribution in [2.45, 2.75) is 40.2 Å². The van der Waals surface area contributed by atoms with Crippen molar-refractivity contribution < 1.29 is 9.90 Å². The largest absolute Gasteiger partial charge is 0.481 e. The predicted molar refractivity (Wildman–Crippen MR) is 56.2 cm³/mol. The van der Waals surface area contributed by atoms with E-state index in [1.807, 2.05) is 0 Å². The first-order valence-electron chi connectivity index (χ1n) is 5.30. The summed E-state index contributed by atoms with van der Waals surface area (Å²) >= 11 is 0. The van der Waals surface area contributed by atoms with Gasteiger partial charge in [-0.1, -0.05) is 6.92 Å². The summed E-state index contributed by atoms with van der Waals surface area (Å²) in [6.45, 7) is 9.70. The van der Waals surface area contributed by atoms with E-state index < -0.39 is 11.4 Å².